The van der Waals surface area contributed by atoms with Crippen molar-refractivity contribution in [2.24, 2.45) is 16.2 Å². The average Bonchev–Trinajstić information content (AvgIpc) is 2.95. The third kappa shape index (κ3) is 14.8. The second-order valence-electron chi connectivity index (χ2n) is 10.1. The maximum atomic E-state index is 9.91. The molecule has 1 aromatic carbocycles. The van der Waals surface area contributed by atoms with Crippen molar-refractivity contribution in [1.29, 1.82) is 0 Å². The van der Waals surface area contributed by atoms with Crippen molar-refractivity contribution in [3.8, 4) is 0 Å². The van der Waals surface area contributed by atoms with Crippen LogP contribution in [-0.4, -0.2) is 17.9 Å². The molecule has 0 saturated carbocycles. The average molecular weight is 510 g/mol. The number of aliphatic carboxylic acids is 3. The summed E-state index contributed by atoms with van der Waals surface area (Å²) in [5.41, 5.74) is 0.824. The zero-order valence-corrected chi connectivity index (χ0v) is 22.4. The summed E-state index contributed by atoms with van der Waals surface area (Å²) >= 11 is 1.59. The second-order valence-corrected chi connectivity index (χ2v) is 11.6. The van der Waals surface area contributed by atoms with Gasteiger partial charge in [0.2, 0.25) is 0 Å². The van der Waals surface area contributed by atoms with Crippen molar-refractivity contribution in [3.63, 3.8) is 0 Å². The Morgan fingerprint density at radius 2 is 1.00 bits per heavy atom. The van der Waals surface area contributed by atoms with Gasteiger partial charge in [0.15, 0.2) is 0 Å². The molecule has 0 radical (unpaired) electrons. The van der Waals surface area contributed by atoms with E-state index in [1.165, 1.54) is 11.1 Å². The quantitative estimate of drug-likeness (QED) is 0.524. The van der Waals surface area contributed by atoms with Gasteiger partial charge in [0.1, 0.15) is 0 Å². The molecular weight excluding hydrogens is 475 g/mol. The number of fused-ring (bicyclic) bond motifs is 1. The molecule has 0 saturated heterocycles. The van der Waals surface area contributed by atoms with Gasteiger partial charge in [-0.3, -0.25) is 0 Å². The van der Waals surface area contributed by atoms with Gasteiger partial charge >= 0.3 is 75.9 Å². The molecule has 0 fully saturated rings. The van der Waals surface area contributed by atoms with Gasteiger partial charge in [-0.05, 0) is 0 Å². The Kier molecular flexibility index (Phi) is 13.1. The molecule has 6 nitrogen and oxygen atoms in total. The normalized spacial score (nSPS) is 14.5. The number of hydrogen-bond donors (Lipinski definition) is 0. The summed E-state index contributed by atoms with van der Waals surface area (Å²) in [7, 11) is 0. The molecule has 7 heteroatoms. The summed E-state index contributed by atoms with van der Waals surface area (Å²) in [6.07, 6.45) is 4.50. The van der Waals surface area contributed by atoms with Crippen molar-refractivity contribution in [2.45, 2.75) is 65.9 Å². The fourth-order valence-corrected chi connectivity index (χ4v) is 2.13. The number of hydrogen-bond acceptors (Lipinski definition) is 6. The van der Waals surface area contributed by atoms with Crippen LogP contribution in [0.2, 0.25) is 0 Å². The van der Waals surface area contributed by atoms with Crippen LogP contribution in [0.15, 0.2) is 30.3 Å². The van der Waals surface area contributed by atoms with Gasteiger partial charge in [0, 0.05) is 34.2 Å². The third-order valence-electron chi connectivity index (χ3n) is 3.64. The van der Waals surface area contributed by atoms with Crippen molar-refractivity contribution < 1.29 is 54.4 Å². The van der Waals surface area contributed by atoms with Gasteiger partial charge < -0.3 is 29.7 Å². The first-order valence-electron chi connectivity index (χ1n) is 9.83. The summed E-state index contributed by atoms with van der Waals surface area (Å²) in [5.74, 6) is -3.02. The van der Waals surface area contributed by atoms with Gasteiger partial charge in [0.05, 0.1) is 0 Å². The third-order valence-corrected chi connectivity index (χ3v) is 4.87. The molecular formula is C24H34O6Zr. The summed E-state index contributed by atoms with van der Waals surface area (Å²) in [5, 5.41) is 29.7. The van der Waals surface area contributed by atoms with E-state index < -0.39 is 34.2 Å². The van der Waals surface area contributed by atoms with Crippen LogP contribution in [0.3, 0.4) is 0 Å². The van der Waals surface area contributed by atoms with Crippen LogP contribution in [0.5, 0.6) is 0 Å². The standard InChI is InChI=1S/C9H7.3C5H10O2.Zr/c1-2-5-9-7-3-6-8(9)4-1;3*1-5(2,3)4(6)7;/h1-7H;3*1-3H3,(H,6,7);/q;;;;+3/p-3. The van der Waals surface area contributed by atoms with Gasteiger partial charge in [-0.15, -0.1) is 0 Å². The van der Waals surface area contributed by atoms with Gasteiger partial charge in [-0.25, -0.2) is 0 Å². The zero-order valence-electron chi connectivity index (χ0n) is 20.0. The summed E-state index contributed by atoms with van der Waals surface area (Å²) in [6.45, 7) is 14.4. The Hall–Kier alpha value is -1.75. The van der Waals surface area contributed by atoms with E-state index in [1.54, 1.807) is 87.0 Å². The Bertz CT molecular complexity index is 704. The second kappa shape index (κ2) is 13.0. The first kappa shape index (κ1) is 31.4. The molecule has 0 spiro atoms. The molecule has 1 aliphatic carbocycles. The van der Waals surface area contributed by atoms with E-state index in [1.807, 2.05) is 0 Å². The van der Waals surface area contributed by atoms with Crippen molar-refractivity contribution in [1.82, 2.24) is 0 Å². The SMILES string of the molecule is CC(C)(C)C(=O)[O-].CC(C)(C)C(=O)[O-].CC(C)(C)C(=O)[O-].[Zr+3][CH]1C=Cc2ccccc21. The number of carboxylic acids is 3. The number of rotatable bonds is 0. The number of carboxylic acid groups (broad SMARTS) is 3. The minimum atomic E-state index is -1.01. The van der Waals surface area contributed by atoms with Crippen LogP contribution >= 0.6 is 0 Å². The van der Waals surface area contributed by atoms with E-state index in [2.05, 4.69) is 36.4 Å². The predicted octanol–water partition coefficient (Wildman–Crippen LogP) is 1.65. The van der Waals surface area contributed by atoms with Gasteiger partial charge in [-0.1, -0.05) is 62.3 Å². The van der Waals surface area contributed by atoms with Crippen molar-refractivity contribution in [3.05, 3.63) is 41.5 Å². The summed E-state index contributed by atoms with van der Waals surface area (Å²) in [4.78, 5) is 29.7. The van der Waals surface area contributed by atoms with Crippen LogP contribution < -0.4 is 15.3 Å². The van der Waals surface area contributed by atoms with E-state index in [0.29, 0.717) is 3.63 Å². The number of benzene rings is 1. The number of carbonyl (C=O) groups is 3. The van der Waals surface area contributed by atoms with Crippen molar-refractivity contribution in [2.75, 3.05) is 0 Å². The molecule has 0 aromatic heterocycles. The van der Waals surface area contributed by atoms with Crippen LogP contribution in [0.25, 0.3) is 6.08 Å². The molecule has 2 rings (SSSR count). The van der Waals surface area contributed by atoms with Crippen LogP contribution in [-0.2, 0) is 39.1 Å². The molecule has 0 amide bonds. The molecule has 1 aliphatic rings. The number of carbonyl (C=O) groups excluding carboxylic acids is 3. The Labute approximate surface area is 201 Å². The van der Waals surface area contributed by atoms with Crippen LogP contribution in [0.1, 0.15) is 77.1 Å². The molecule has 1 atom stereocenters. The summed E-state index contributed by atoms with van der Waals surface area (Å²) in [6, 6.07) is 8.60. The Morgan fingerprint density at radius 3 is 1.26 bits per heavy atom. The van der Waals surface area contributed by atoms with Gasteiger partial charge in [-0.2, -0.15) is 0 Å². The molecule has 31 heavy (non-hydrogen) atoms. The molecule has 0 bridgehead atoms. The predicted molar refractivity (Wildman–Crippen MR) is 112 cm³/mol. The van der Waals surface area contributed by atoms with Crippen molar-refractivity contribution >= 4 is 24.0 Å². The summed E-state index contributed by atoms with van der Waals surface area (Å²) < 4.78 is 0.711. The molecule has 0 aliphatic heterocycles. The fourth-order valence-electron chi connectivity index (χ4n) is 1.25. The van der Waals surface area contributed by atoms with E-state index >= 15 is 0 Å². The van der Waals surface area contributed by atoms with E-state index in [9.17, 15) is 29.7 Å². The maximum absolute atomic E-state index is 9.91. The first-order chi connectivity index (χ1) is 13.7. The monoisotopic (exact) mass is 508 g/mol. The van der Waals surface area contributed by atoms with Gasteiger partial charge in [0.25, 0.3) is 0 Å². The van der Waals surface area contributed by atoms with E-state index in [-0.39, 0.29) is 0 Å². The molecule has 0 N–H and O–H groups in total. The fraction of sp³-hybridized carbons (Fsp3) is 0.542. The van der Waals surface area contributed by atoms with E-state index in [0.717, 1.165) is 0 Å². The van der Waals surface area contributed by atoms with E-state index in [4.69, 9.17) is 0 Å². The minimum absolute atomic E-state index is 0.694. The van der Waals surface area contributed by atoms with Crippen LogP contribution in [0, 0.1) is 16.2 Å². The molecule has 170 valence electrons. The Balaban J connectivity index is 0. The van der Waals surface area contributed by atoms with Crippen LogP contribution in [0.4, 0.5) is 0 Å². The molecule has 1 aromatic rings. The Morgan fingerprint density at radius 1 is 0.710 bits per heavy atom. The molecule has 1 unspecified atom stereocenters. The first-order valence-corrected chi connectivity index (χ1v) is 11.3. The molecule has 0 heterocycles. The number of allylic oxidation sites excluding steroid dienone is 1. The zero-order chi connectivity index (χ0) is 25.2. The topological polar surface area (TPSA) is 120 Å².